The van der Waals surface area contributed by atoms with Crippen molar-refractivity contribution in [1.82, 2.24) is 9.78 Å². The molecule has 6 nitrogen and oxygen atoms in total. The van der Waals surface area contributed by atoms with E-state index < -0.39 is 11.9 Å². The number of carbonyl (C=O) groups excluding carboxylic acids is 1. The van der Waals surface area contributed by atoms with Crippen molar-refractivity contribution in [3.8, 4) is 5.75 Å². The molecule has 1 heterocycles. The van der Waals surface area contributed by atoms with Gasteiger partial charge in [0.1, 0.15) is 11.8 Å². The first-order valence-corrected chi connectivity index (χ1v) is 6.75. The Morgan fingerprint density at radius 3 is 2.76 bits per heavy atom. The smallest absolute Gasteiger partial charge is 0.244 e. The molecule has 21 heavy (non-hydrogen) atoms. The van der Waals surface area contributed by atoms with Crippen molar-refractivity contribution in [3.05, 3.63) is 42.2 Å². The molecule has 0 fully saturated rings. The van der Waals surface area contributed by atoms with Gasteiger partial charge in [0.15, 0.2) is 0 Å². The first kappa shape index (κ1) is 14.9. The number of nitrogens with two attached hydrogens (primary N) is 1. The molecular formula is C15H20N4O2. The van der Waals surface area contributed by atoms with E-state index in [1.165, 1.54) is 0 Å². The molecule has 0 aliphatic heterocycles. The van der Waals surface area contributed by atoms with Gasteiger partial charge in [-0.05, 0) is 26.0 Å². The molecule has 1 atom stereocenters. The number of primary amides is 1. The fraction of sp³-hybridized carbons (Fsp3) is 0.333. The molecule has 1 amide bonds. The first-order chi connectivity index (χ1) is 10.0. The van der Waals surface area contributed by atoms with Crippen LogP contribution in [-0.2, 0) is 4.79 Å². The van der Waals surface area contributed by atoms with E-state index in [4.69, 9.17) is 10.5 Å². The number of hydrogen-bond acceptors (Lipinski definition) is 4. The van der Waals surface area contributed by atoms with Crippen molar-refractivity contribution < 1.29 is 9.53 Å². The van der Waals surface area contributed by atoms with Crippen LogP contribution in [0.2, 0.25) is 0 Å². The number of benzene rings is 1. The number of methoxy groups -OCH3 is 1. The minimum absolute atomic E-state index is 0.226. The van der Waals surface area contributed by atoms with Crippen LogP contribution in [0.1, 0.15) is 31.5 Å². The molecule has 0 aliphatic carbocycles. The lowest BCUT2D eigenvalue weighted by Gasteiger charge is -2.16. The quantitative estimate of drug-likeness (QED) is 0.853. The fourth-order valence-electron chi connectivity index (χ4n) is 1.98. The van der Waals surface area contributed by atoms with Gasteiger partial charge in [-0.15, -0.1) is 0 Å². The van der Waals surface area contributed by atoms with Crippen molar-refractivity contribution in [2.75, 3.05) is 12.4 Å². The normalized spacial score (nSPS) is 12.2. The van der Waals surface area contributed by atoms with Crippen molar-refractivity contribution in [3.63, 3.8) is 0 Å². The minimum atomic E-state index is -0.635. The average Bonchev–Trinajstić information content (AvgIpc) is 2.94. The molecule has 0 saturated heterocycles. The Bertz CT molecular complexity index is 622. The van der Waals surface area contributed by atoms with Gasteiger partial charge in [0.2, 0.25) is 5.91 Å². The monoisotopic (exact) mass is 288 g/mol. The van der Waals surface area contributed by atoms with Crippen LogP contribution in [0.5, 0.6) is 5.75 Å². The van der Waals surface area contributed by atoms with E-state index in [0.717, 1.165) is 11.3 Å². The molecule has 0 bridgehead atoms. The highest BCUT2D eigenvalue weighted by molar-refractivity contribution is 5.84. The lowest BCUT2D eigenvalue weighted by atomic mass is 10.1. The number of rotatable bonds is 6. The van der Waals surface area contributed by atoms with Crippen molar-refractivity contribution in [1.29, 1.82) is 0 Å². The molecule has 1 aromatic heterocycles. The van der Waals surface area contributed by atoms with Crippen LogP contribution in [0, 0.1) is 0 Å². The molecular weight excluding hydrogens is 268 g/mol. The zero-order valence-electron chi connectivity index (χ0n) is 12.4. The Hall–Kier alpha value is -2.50. The van der Waals surface area contributed by atoms with Crippen LogP contribution < -0.4 is 15.8 Å². The van der Waals surface area contributed by atoms with Gasteiger partial charge < -0.3 is 15.8 Å². The van der Waals surface area contributed by atoms with E-state index in [0.29, 0.717) is 5.75 Å². The second kappa shape index (κ2) is 6.30. The van der Waals surface area contributed by atoms with Crippen molar-refractivity contribution >= 4 is 11.6 Å². The molecule has 1 aromatic carbocycles. The Balaban J connectivity index is 2.24. The largest absolute Gasteiger partial charge is 0.497 e. The summed E-state index contributed by atoms with van der Waals surface area (Å²) in [4.78, 5) is 11.7. The number of carbonyl (C=O) groups is 1. The summed E-state index contributed by atoms with van der Waals surface area (Å²) < 4.78 is 6.96. The second-order valence-electron chi connectivity index (χ2n) is 5.06. The van der Waals surface area contributed by atoms with Crippen LogP contribution in [0.25, 0.3) is 0 Å². The van der Waals surface area contributed by atoms with Crippen molar-refractivity contribution in [2.45, 2.75) is 25.9 Å². The Labute approximate surface area is 123 Å². The first-order valence-electron chi connectivity index (χ1n) is 6.75. The summed E-state index contributed by atoms with van der Waals surface area (Å²) in [5.74, 6) is 0.252. The number of ether oxygens (including phenoxy) is 1. The molecule has 0 saturated carbocycles. The summed E-state index contributed by atoms with van der Waals surface area (Å²) in [5, 5.41) is 7.35. The second-order valence-corrected chi connectivity index (χ2v) is 5.06. The molecule has 0 radical (unpaired) electrons. The molecule has 0 aliphatic rings. The number of amides is 1. The fourth-order valence-corrected chi connectivity index (χ4v) is 1.98. The van der Waals surface area contributed by atoms with E-state index in [2.05, 4.69) is 10.4 Å². The molecule has 112 valence electrons. The summed E-state index contributed by atoms with van der Waals surface area (Å²) in [6.45, 7) is 4.04. The SMILES string of the molecule is COc1cccc(NC(C(N)=O)c2cnn(C(C)C)c2)c1. The third-order valence-corrected chi connectivity index (χ3v) is 3.15. The zero-order chi connectivity index (χ0) is 15.4. The van der Waals surface area contributed by atoms with E-state index in [9.17, 15) is 4.79 Å². The lowest BCUT2D eigenvalue weighted by Crippen LogP contribution is -2.27. The van der Waals surface area contributed by atoms with Gasteiger partial charge in [-0.3, -0.25) is 9.48 Å². The Morgan fingerprint density at radius 1 is 1.43 bits per heavy atom. The number of nitrogens with one attached hydrogen (secondary N) is 1. The summed E-state index contributed by atoms with van der Waals surface area (Å²) in [5.41, 5.74) is 7.00. The highest BCUT2D eigenvalue weighted by Crippen LogP contribution is 2.23. The van der Waals surface area contributed by atoms with E-state index >= 15 is 0 Å². The number of hydrogen-bond donors (Lipinski definition) is 2. The highest BCUT2D eigenvalue weighted by atomic mass is 16.5. The van der Waals surface area contributed by atoms with Crippen LogP contribution in [0.15, 0.2) is 36.7 Å². The maximum Gasteiger partial charge on any atom is 0.244 e. The summed E-state index contributed by atoms with van der Waals surface area (Å²) in [6, 6.07) is 6.93. The number of nitrogens with zero attached hydrogens (tertiary/aromatic N) is 2. The predicted molar refractivity (Wildman–Crippen MR) is 81.2 cm³/mol. The van der Waals surface area contributed by atoms with Gasteiger partial charge in [-0.2, -0.15) is 5.10 Å². The van der Waals surface area contributed by atoms with Crippen LogP contribution in [0.4, 0.5) is 5.69 Å². The molecule has 0 spiro atoms. The van der Waals surface area contributed by atoms with Crippen LogP contribution in [0.3, 0.4) is 0 Å². The van der Waals surface area contributed by atoms with Gasteiger partial charge in [-0.1, -0.05) is 6.07 Å². The Kier molecular flexibility index (Phi) is 4.47. The topological polar surface area (TPSA) is 82.2 Å². The molecule has 2 rings (SSSR count). The molecule has 3 N–H and O–H groups in total. The minimum Gasteiger partial charge on any atom is -0.497 e. The van der Waals surface area contributed by atoms with Crippen LogP contribution in [-0.4, -0.2) is 22.8 Å². The molecule has 1 unspecified atom stereocenters. The van der Waals surface area contributed by atoms with Gasteiger partial charge >= 0.3 is 0 Å². The maximum atomic E-state index is 11.7. The highest BCUT2D eigenvalue weighted by Gasteiger charge is 2.20. The summed E-state index contributed by atoms with van der Waals surface area (Å²) >= 11 is 0. The van der Waals surface area contributed by atoms with E-state index in [-0.39, 0.29) is 6.04 Å². The number of anilines is 1. The summed E-state index contributed by atoms with van der Waals surface area (Å²) in [6.07, 6.45) is 3.48. The van der Waals surface area contributed by atoms with Gasteiger partial charge in [-0.25, -0.2) is 0 Å². The standard InChI is InChI=1S/C15H20N4O2/c1-10(2)19-9-11(8-17-19)14(15(16)20)18-12-5-4-6-13(7-12)21-3/h4-10,14,18H,1-3H3,(H2,16,20). The van der Waals surface area contributed by atoms with E-state index in [1.54, 1.807) is 18.0 Å². The van der Waals surface area contributed by atoms with Crippen molar-refractivity contribution in [2.24, 2.45) is 5.73 Å². The summed E-state index contributed by atoms with van der Waals surface area (Å²) in [7, 11) is 1.59. The number of aromatic nitrogens is 2. The third-order valence-electron chi connectivity index (χ3n) is 3.15. The predicted octanol–water partition coefficient (Wildman–Crippen LogP) is 2.11. The van der Waals surface area contributed by atoms with Gasteiger partial charge in [0.25, 0.3) is 0 Å². The maximum absolute atomic E-state index is 11.7. The van der Waals surface area contributed by atoms with Gasteiger partial charge in [0.05, 0.1) is 13.3 Å². The lowest BCUT2D eigenvalue weighted by molar-refractivity contribution is -0.118. The third kappa shape index (κ3) is 3.53. The Morgan fingerprint density at radius 2 is 2.19 bits per heavy atom. The molecule has 2 aromatic rings. The zero-order valence-corrected chi connectivity index (χ0v) is 12.4. The molecule has 6 heteroatoms. The van der Waals surface area contributed by atoms with Crippen LogP contribution >= 0.6 is 0 Å². The van der Waals surface area contributed by atoms with E-state index in [1.807, 2.05) is 44.3 Å². The van der Waals surface area contributed by atoms with Gasteiger partial charge in [0, 0.05) is 29.6 Å². The average molecular weight is 288 g/mol.